The second kappa shape index (κ2) is 5.70. The van der Waals surface area contributed by atoms with E-state index < -0.39 is 0 Å². The van der Waals surface area contributed by atoms with Crippen LogP contribution in [0.3, 0.4) is 0 Å². The van der Waals surface area contributed by atoms with Crippen molar-refractivity contribution in [2.75, 3.05) is 7.11 Å². The highest BCUT2D eigenvalue weighted by Crippen LogP contribution is 2.32. The van der Waals surface area contributed by atoms with Gasteiger partial charge in [-0.25, -0.2) is 4.79 Å². The van der Waals surface area contributed by atoms with Gasteiger partial charge in [0.15, 0.2) is 0 Å². The highest BCUT2D eigenvalue weighted by Gasteiger charge is 2.21. The molecule has 0 aromatic heterocycles. The first kappa shape index (κ1) is 13.3. The summed E-state index contributed by atoms with van der Waals surface area (Å²) >= 11 is 0. The Morgan fingerprint density at radius 3 is 2.58 bits per heavy atom. The highest BCUT2D eigenvalue weighted by atomic mass is 16.5. The van der Waals surface area contributed by atoms with Gasteiger partial charge in [0, 0.05) is 11.5 Å². The summed E-state index contributed by atoms with van der Waals surface area (Å²) in [5.41, 5.74) is 1.65. The summed E-state index contributed by atoms with van der Waals surface area (Å²) < 4.78 is 4.79. The fourth-order valence-electron chi connectivity index (χ4n) is 2.48. The van der Waals surface area contributed by atoms with E-state index in [1.807, 2.05) is 18.2 Å². The second-order valence-electron chi connectivity index (χ2n) is 4.55. The van der Waals surface area contributed by atoms with Crippen LogP contribution in [0.25, 0.3) is 10.8 Å². The smallest absolute Gasteiger partial charge is 0.333 e. The number of esters is 1. The zero-order valence-corrected chi connectivity index (χ0v) is 11.3. The molecule has 0 saturated carbocycles. The van der Waals surface area contributed by atoms with E-state index in [-0.39, 0.29) is 11.9 Å². The summed E-state index contributed by atoms with van der Waals surface area (Å²) in [4.78, 5) is 11.7. The standard InChI is InChI=1S/C17H18O2/c1-4-14(12(2)17(18)19-3)16-11-7-9-13-8-5-6-10-15(13)16/h5-11,14H,2,4H2,1,3H3. The van der Waals surface area contributed by atoms with Gasteiger partial charge >= 0.3 is 5.97 Å². The molecule has 0 N–H and O–H groups in total. The van der Waals surface area contributed by atoms with Gasteiger partial charge in [0.1, 0.15) is 0 Å². The maximum atomic E-state index is 11.7. The van der Waals surface area contributed by atoms with Crippen LogP contribution in [-0.2, 0) is 9.53 Å². The van der Waals surface area contributed by atoms with Crippen LogP contribution in [0.4, 0.5) is 0 Å². The van der Waals surface area contributed by atoms with E-state index >= 15 is 0 Å². The minimum Gasteiger partial charge on any atom is -0.466 e. The maximum absolute atomic E-state index is 11.7. The molecule has 0 aliphatic carbocycles. The summed E-state index contributed by atoms with van der Waals surface area (Å²) in [6.07, 6.45) is 0.821. The van der Waals surface area contributed by atoms with Gasteiger partial charge in [0.05, 0.1) is 7.11 Å². The molecule has 0 aliphatic rings. The first-order valence-corrected chi connectivity index (χ1v) is 6.43. The molecule has 0 heterocycles. The number of carbonyl (C=O) groups excluding carboxylic acids is 1. The molecule has 0 amide bonds. The van der Waals surface area contributed by atoms with E-state index in [4.69, 9.17) is 4.74 Å². The van der Waals surface area contributed by atoms with Gasteiger partial charge in [-0.1, -0.05) is 56.0 Å². The van der Waals surface area contributed by atoms with Crippen LogP contribution in [0.15, 0.2) is 54.6 Å². The molecule has 98 valence electrons. The largest absolute Gasteiger partial charge is 0.466 e. The number of rotatable bonds is 4. The van der Waals surface area contributed by atoms with E-state index in [0.717, 1.165) is 12.0 Å². The quantitative estimate of drug-likeness (QED) is 0.607. The Balaban J connectivity index is 2.52. The van der Waals surface area contributed by atoms with E-state index in [9.17, 15) is 4.79 Å². The Bertz CT molecular complexity index is 608. The van der Waals surface area contributed by atoms with Gasteiger partial charge in [-0.05, 0) is 22.8 Å². The number of hydrogen-bond donors (Lipinski definition) is 0. The molecule has 0 aliphatic heterocycles. The summed E-state index contributed by atoms with van der Waals surface area (Å²) in [7, 11) is 1.39. The van der Waals surface area contributed by atoms with Crippen molar-refractivity contribution in [1.82, 2.24) is 0 Å². The van der Waals surface area contributed by atoms with Crippen molar-refractivity contribution in [1.29, 1.82) is 0 Å². The van der Waals surface area contributed by atoms with Crippen LogP contribution in [0.2, 0.25) is 0 Å². The van der Waals surface area contributed by atoms with E-state index in [0.29, 0.717) is 5.57 Å². The van der Waals surface area contributed by atoms with Gasteiger partial charge in [0.25, 0.3) is 0 Å². The Kier molecular flexibility index (Phi) is 4.00. The van der Waals surface area contributed by atoms with Gasteiger partial charge in [-0.2, -0.15) is 0 Å². The zero-order valence-electron chi connectivity index (χ0n) is 11.3. The number of carbonyl (C=O) groups is 1. The fourth-order valence-corrected chi connectivity index (χ4v) is 2.48. The average Bonchev–Trinajstić information content (AvgIpc) is 2.47. The summed E-state index contributed by atoms with van der Waals surface area (Å²) in [5, 5.41) is 2.35. The minimum absolute atomic E-state index is 0.00134. The van der Waals surface area contributed by atoms with Crippen molar-refractivity contribution < 1.29 is 9.53 Å². The summed E-state index contributed by atoms with van der Waals surface area (Å²) in [6.45, 7) is 5.96. The first-order chi connectivity index (χ1) is 9.19. The molecule has 0 spiro atoms. The van der Waals surface area contributed by atoms with Crippen molar-refractivity contribution in [3.8, 4) is 0 Å². The molecule has 0 fully saturated rings. The van der Waals surface area contributed by atoms with Crippen molar-refractivity contribution in [3.63, 3.8) is 0 Å². The lowest BCUT2D eigenvalue weighted by atomic mass is 9.86. The average molecular weight is 254 g/mol. The van der Waals surface area contributed by atoms with Gasteiger partial charge in [0.2, 0.25) is 0 Å². The number of hydrogen-bond acceptors (Lipinski definition) is 2. The van der Waals surface area contributed by atoms with Crippen LogP contribution < -0.4 is 0 Å². The van der Waals surface area contributed by atoms with Crippen LogP contribution in [0, 0.1) is 0 Å². The van der Waals surface area contributed by atoms with Crippen LogP contribution in [-0.4, -0.2) is 13.1 Å². The Morgan fingerprint density at radius 1 is 1.21 bits per heavy atom. The highest BCUT2D eigenvalue weighted by molar-refractivity contribution is 5.92. The topological polar surface area (TPSA) is 26.3 Å². The van der Waals surface area contributed by atoms with Crippen LogP contribution in [0.5, 0.6) is 0 Å². The number of ether oxygens (including phenoxy) is 1. The summed E-state index contributed by atoms with van der Waals surface area (Å²) in [6, 6.07) is 14.3. The Hall–Kier alpha value is -2.09. The molecular formula is C17H18O2. The normalized spacial score (nSPS) is 12.1. The third-order valence-electron chi connectivity index (χ3n) is 3.48. The number of benzene rings is 2. The van der Waals surface area contributed by atoms with Gasteiger partial charge in [-0.3, -0.25) is 0 Å². The number of fused-ring (bicyclic) bond motifs is 1. The summed E-state index contributed by atoms with van der Waals surface area (Å²) in [5.74, 6) is -0.335. The van der Waals surface area contributed by atoms with Crippen molar-refractivity contribution in [3.05, 3.63) is 60.2 Å². The zero-order chi connectivity index (χ0) is 13.8. The van der Waals surface area contributed by atoms with Gasteiger partial charge < -0.3 is 4.74 Å². The molecule has 2 rings (SSSR count). The molecule has 0 bridgehead atoms. The maximum Gasteiger partial charge on any atom is 0.333 e. The van der Waals surface area contributed by atoms with E-state index in [2.05, 4.69) is 37.8 Å². The third kappa shape index (κ3) is 2.53. The van der Waals surface area contributed by atoms with Crippen molar-refractivity contribution in [2.45, 2.75) is 19.3 Å². The lowest BCUT2D eigenvalue weighted by Gasteiger charge is -2.18. The fraction of sp³-hybridized carbons (Fsp3) is 0.235. The number of methoxy groups -OCH3 is 1. The molecule has 1 atom stereocenters. The predicted molar refractivity (Wildman–Crippen MR) is 78.1 cm³/mol. The molecular weight excluding hydrogens is 236 g/mol. The monoisotopic (exact) mass is 254 g/mol. The molecule has 2 aromatic carbocycles. The molecule has 2 nitrogen and oxygen atoms in total. The molecule has 1 unspecified atom stereocenters. The SMILES string of the molecule is C=C(C(=O)OC)C(CC)c1cccc2ccccc12. The van der Waals surface area contributed by atoms with Crippen LogP contribution >= 0.6 is 0 Å². The third-order valence-corrected chi connectivity index (χ3v) is 3.48. The predicted octanol–water partition coefficient (Wildman–Crippen LogP) is 4.06. The lowest BCUT2D eigenvalue weighted by molar-refractivity contribution is -0.136. The first-order valence-electron chi connectivity index (χ1n) is 6.43. The second-order valence-corrected chi connectivity index (χ2v) is 4.55. The van der Waals surface area contributed by atoms with Gasteiger partial charge in [-0.15, -0.1) is 0 Å². The molecule has 0 radical (unpaired) electrons. The van der Waals surface area contributed by atoms with Crippen molar-refractivity contribution >= 4 is 16.7 Å². The van der Waals surface area contributed by atoms with Crippen molar-refractivity contribution in [2.24, 2.45) is 0 Å². The Labute approximate surface area is 113 Å². The molecule has 0 saturated heterocycles. The van der Waals surface area contributed by atoms with E-state index in [1.165, 1.54) is 17.9 Å². The molecule has 19 heavy (non-hydrogen) atoms. The lowest BCUT2D eigenvalue weighted by Crippen LogP contribution is -2.12. The molecule has 2 aromatic rings. The van der Waals surface area contributed by atoms with Crippen LogP contribution in [0.1, 0.15) is 24.8 Å². The van der Waals surface area contributed by atoms with E-state index in [1.54, 1.807) is 0 Å². The Morgan fingerprint density at radius 2 is 1.89 bits per heavy atom. The molecule has 2 heteroatoms. The minimum atomic E-state index is -0.334.